The van der Waals surface area contributed by atoms with Gasteiger partial charge in [-0.25, -0.2) is 0 Å². The molecule has 0 saturated heterocycles. The van der Waals surface area contributed by atoms with Gasteiger partial charge in [0.2, 0.25) is 0 Å². The van der Waals surface area contributed by atoms with Gasteiger partial charge in [-0.15, -0.1) is 0 Å². The third-order valence-electron chi connectivity index (χ3n) is 3.19. The fourth-order valence-electron chi connectivity index (χ4n) is 2.00. The maximum absolute atomic E-state index is 10.5. The first kappa shape index (κ1) is 15.1. The number of aromatic nitrogens is 2. The normalized spacial score (nSPS) is 13.8. The number of hydrogen-bond donors (Lipinski definition) is 2. The quantitative estimate of drug-likeness (QED) is 0.595. The molecule has 112 valence electrons. The van der Waals surface area contributed by atoms with Gasteiger partial charge >= 0.3 is 5.69 Å². The van der Waals surface area contributed by atoms with Crippen LogP contribution in [-0.2, 0) is 6.54 Å². The van der Waals surface area contributed by atoms with Gasteiger partial charge in [-0.2, -0.15) is 5.10 Å². The lowest BCUT2D eigenvalue weighted by atomic mass is 10.1. The highest BCUT2D eigenvalue weighted by Crippen LogP contribution is 2.11. The molecular weight excluding hydrogens is 272 g/mol. The van der Waals surface area contributed by atoms with Crippen LogP contribution in [0.5, 0.6) is 0 Å². The second-order valence-corrected chi connectivity index (χ2v) is 4.87. The minimum absolute atomic E-state index is 0.0761. The molecule has 1 aromatic heterocycles. The number of benzene rings is 1. The van der Waals surface area contributed by atoms with E-state index in [9.17, 15) is 15.2 Å². The Balaban J connectivity index is 1.81. The number of nitrogens with one attached hydrogen (secondary N) is 1. The van der Waals surface area contributed by atoms with E-state index < -0.39 is 11.0 Å². The molecule has 2 atom stereocenters. The molecule has 21 heavy (non-hydrogen) atoms. The maximum atomic E-state index is 10.5. The molecule has 7 heteroatoms. The second kappa shape index (κ2) is 6.96. The van der Waals surface area contributed by atoms with E-state index in [2.05, 4.69) is 10.4 Å². The van der Waals surface area contributed by atoms with Crippen LogP contribution < -0.4 is 5.32 Å². The van der Waals surface area contributed by atoms with Crippen molar-refractivity contribution in [2.75, 3.05) is 6.54 Å². The molecule has 7 nitrogen and oxygen atoms in total. The Hall–Kier alpha value is -2.25. The molecule has 0 aliphatic carbocycles. The predicted molar refractivity (Wildman–Crippen MR) is 77.7 cm³/mol. The lowest BCUT2D eigenvalue weighted by Crippen LogP contribution is -2.32. The van der Waals surface area contributed by atoms with E-state index in [4.69, 9.17) is 0 Å². The number of aliphatic hydroxyl groups is 1. The van der Waals surface area contributed by atoms with Crippen molar-refractivity contribution < 1.29 is 10.0 Å². The van der Waals surface area contributed by atoms with Crippen LogP contribution in [0.25, 0.3) is 0 Å². The van der Waals surface area contributed by atoms with Crippen molar-refractivity contribution in [1.82, 2.24) is 15.1 Å². The van der Waals surface area contributed by atoms with Crippen LogP contribution in [0.2, 0.25) is 0 Å². The molecule has 2 rings (SSSR count). The number of rotatable bonds is 7. The predicted octanol–water partition coefficient (Wildman–Crippen LogP) is 1.50. The Morgan fingerprint density at radius 1 is 1.43 bits per heavy atom. The molecule has 0 fully saturated rings. The van der Waals surface area contributed by atoms with E-state index in [-0.39, 0.29) is 18.3 Å². The number of aliphatic hydroxyl groups excluding tert-OH is 1. The largest absolute Gasteiger partial charge is 0.390 e. The molecule has 1 heterocycles. The van der Waals surface area contributed by atoms with Gasteiger partial charge in [0.05, 0.1) is 17.6 Å². The zero-order valence-electron chi connectivity index (χ0n) is 11.7. The molecule has 2 aromatic rings. The van der Waals surface area contributed by atoms with Crippen LogP contribution in [0.4, 0.5) is 5.69 Å². The zero-order valence-corrected chi connectivity index (χ0v) is 11.7. The fourth-order valence-corrected chi connectivity index (χ4v) is 2.00. The minimum atomic E-state index is -0.671. The van der Waals surface area contributed by atoms with Gasteiger partial charge in [0.25, 0.3) is 0 Å². The molecule has 0 bridgehead atoms. The average molecular weight is 290 g/mol. The molecule has 1 aromatic carbocycles. The van der Waals surface area contributed by atoms with Crippen molar-refractivity contribution >= 4 is 5.69 Å². The van der Waals surface area contributed by atoms with E-state index in [1.807, 2.05) is 37.3 Å². The summed E-state index contributed by atoms with van der Waals surface area (Å²) in [5, 5.41) is 27.6. The van der Waals surface area contributed by atoms with Crippen molar-refractivity contribution in [3.8, 4) is 0 Å². The van der Waals surface area contributed by atoms with Gasteiger partial charge in [0.1, 0.15) is 12.4 Å². The summed E-state index contributed by atoms with van der Waals surface area (Å²) in [6.45, 7) is 2.60. The molecule has 0 aliphatic heterocycles. The first-order valence-electron chi connectivity index (χ1n) is 6.69. The van der Waals surface area contributed by atoms with Crippen LogP contribution in [0.3, 0.4) is 0 Å². The lowest BCUT2D eigenvalue weighted by Gasteiger charge is -2.17. The summed E-state index contributed by atoms with van der Waals surface area (Å²) in [6.07, 6.45) is 1.81. The van der Waals surface area contributed by atoms with Crippen LogP contribution >= 0.6 is 0 Å². The maximum Gasteiger partial charge on any atom is 0.306 e. The van der Waals surface area contributed by atoms with Crippen molar-refractivity contribution in [3.63, 3.8) is 0 Å². The SMILES string of the molecule is C[C@@H](NCC(O)Cn1cc([N+](=O)[O-])cn1)c1ccccc1. The molecule has 0 saturated carbocycles. The summed E-state index contributed by atoms with van der Waals surface area (Å²) in [5.41, 5.74) is 1.06. The number of nitrogens with zero attached hydrogens (tertiary/aromatic N) is 3. The summed E-state index contributed by atoms with van der Waals surface area (Å²) < 4.78 is 1.37. The standard InChI is InChI=1S/C14H18N4O3/c1-11(12-5-3-2-4-6-12)15-8-14(19)10-17-9-13(7-16-17)18(20)21/h2-7,9,11,14-15,19H,8,10H2,1H3/t11-,14?/m1/s1. The first-order chi connectivity index (χ1) is 10.1. The van der Waals surface area contributed by atoms with E-state index in [0.717, 1.165) is 5.56 Å². The Labute approximate surface area is 122 Å². The fraction of sp³-hybridized carbons (Fsp3) is 0.357. The van der Waals surface area contributed by atoms with E-state index in [1.165, 1.54) is 17.1 Å². The number of nitro groups is 1. The molecule has 0 radical (unpaired) electrons. The third-order valence-corrected chi connectivity index (χ3v) is 3.19. The Kier molecular flexibility index (Phi) is 5.02. The summed E-state index contributed by atoms with van der Waals surface area (Å²) >= 11 is 0. The van der Waals surface area contributed by atoms with Crippen LogP contribution in [0.15, 0.2) is 42.7 Å². The minimum Gasteiger partial charge on any atom is -0.390 e. The highest BCUT2D eigenvalue weighted by atomic mass is 16.6. The van der Waals surface area contributed by atoms with E-state index in [0.29, 0.717) is 6.54 Å². The first-order valence-corrected chi connectivity index (χ1v) is 6.69. The zero-order chi connectivity index (χ0) is 15.2. The highest BCUT2D eigenvalue weighted by molar-refractivity contribution is 5.20. The highest BCUT2D eigenvalue weighted by Gasteiger charge is 2.13. The van der Waals surface area contributed by atoms with Crippen LogP contribution in [0.1, 0.15) is 18.5 Å². The van der Waals surface area contributed by atoms with Crippen LogP contribution in [-0.4, -0.2) is 32.5 Å². The van der Waals surface area contributed by atoms with Crippen molar-refractivity contribution in [3.05, 3.63) is 58.4 Å². The smallest absolute Gasteiger partial charge is 0.306 e. The second-order valence-electron chi connectivity index (χ2n) is 4.87. The summed E-state index contributed by atoms with van der Waals surface area (Å²) in [6, 6.07) is 10.0. The Morgan fingerprint density at radius 3 is 2.76 bits per heavy atom. The monoisotopic (exact) mass is 290 g/mol. The molecule has 2 N–H and O–H groups in total. The summed E-state index contributed by atoms with van der Waals surface area (Å²) in [4.78, 5) is 10.0. The topological polar surface area (TPSA) is 93.2 Å². The molecular formula is C14H18N4O3. The van der Waals surface area contributed by atoms with Gasteiger partial charge < -0.3 is 10.4 Å². The van der Waals surface area contributed by atoms with E-state index >= 15 is 0 Å². The van der Waals surface area contributed by atoms with E-state index in [1.54, 1.807) is 0 Å². The van der Waals surface area contributed by atoms with Gasteiger partial charge in [0.15, 0.2) is 0 Å². The lowest BCUT2D eigenvalue weighted by molar-refractivity contribution is -0.385. The van der Waals surface area contributed by atoms with Gasteiger partial charge in [0, 0.05) is 12.6 Å². The Morgan fingerprint density at radius 2 is 2.14 bits per heavy atom. The van der Waals surface area contributed by atoms with Gasteiger partial charge in [-0.05, 0) is 12.5 Å². The van der Waals surface area contributed by atoms with Gasteiger partial charge in [-0.1, -0.05) is 30.3 Å². The van der Waals surface area contributed by atoms with Crippen molar-refractivity contribution in [2.24, 2.45) is 0 Å². The van der Waals surface area contributed by atoms with Crippen molar-refractivity contribution in [1.29, 1.82) is 0 Å². The summed E-state index contributed by atoms with van der Waals surface area (Å²) in [5.74, 6) is 0. The Bertz CT molecular complexity index is 585. The molecule has 0 amide bonds. The molecule has 1 unspecified atom stereocenters. The summed E-state index contributed by atoms with van der Waals surface area (Å²) in [7, 11) is 0. The van der Waals surface area contributed by atoms with Crippen molar-refractivity contribution in [2.45, 2.75) is 25.6 Å². The molecule has 0 aliphatic rings. The number of hydrogen-bond acceptors (Lipinski definition) is 5. The molecule has 0 spiro atoms. The van der Waals surface area contributed by atoms with Gasteiger partial charge in [-0.3, -0.25) is 14.8 Å². The average Bonchev–Trinajstić information content (AvgIpc) is 2.94. The third kappa shape index (κ3) is 4.37. The van der Waals surface area contributed by atoms with Crippen LogP contribution in [0, 0.1) is 10.1 Å².